The standard InChI is InChI=1S/C12H9FN2O4/c13-9-4-8(5-10(6-9)15(18)19)7-14-3-1-2-11(14)12(16)17/h1-6H,7H2,(H,16,17). The van der Waals surface area contributed by atoms with E-state index in [-0.39, 0.29) is 17.9 Å². The second-order valence-electron chi connectivity index (χ2n) is 3.90. The molecule has 98 valence electrons. The number of hydrogen-bond donors (Lipinski definition) is 1. The Morgan fingerprint density at radius 2 is 2.16 bits per heavy atom. The Morgan fingerprint density at radius 3 is 2.79 bits per heavy atom. The largest absolute Gasteiger partial charge is 0.477 e. The average Bonchev–Trinajstić information content (AvgIpc) is 2.76. The third kappa shape index (κ3) is 2.76. The van der Waals surface area contributed by atoms with Crippen molar-refractivity contribution in [3.63, 3.8) is 0 Å². The highest BCUT2D eigenvalue weighted by Crippen LogP contribution is 2.18. The monoisotopic (exact) mass is 264 g/mol. The molecule has 0 saturated heterocycles. The minimum Gasteiger partial charge on any atom is -0.477 e. The zero-order valence-corrected chi connectivity index (χ0v) is 9.62. The smallest absolute Gasteiger partial charge is 0.352 e. The van der Waals surface area contributed by atoms with Gasteiger partial charge in [-0.2, -0.15) is 0 Å². The molecule has 1 heterocycles. The molecule has 7 heteroatoms. The summed E-state index contributed by atoms with van der Waals surface area (Å²) in [4.78, 5) is 20.8. The number of hydrogen-bond acceptors (Lipinski definition) is 3. The van der Waals surface area contributed by atoms with Crippen molar-refractivity contribution in [2.75, 3.05) is 0 Å². The first-order valence-corrected chi connectivity index (χ1v) is 5.29. The van der Waals surface area contributed by atoms with E-state index in [0.717, 1.165) is 12.1 Å². The van der Waals surface area contributed by atoms with Crippen molar-refractivity contribution < 1.29 is 19.2 Å². The lowest BCUT2D eigenvalue weighted by Crippen LogP contribution is -2.08. The number of carboxylic acids is 1. The molecule has 0 aliphatic carbocycles. The van der Waals surface area contributed by atoms with Crippen molar-refractivity contribution in [1.29, 1.82) is 0 Å². The molecule has 0 aliphatic heterocycles. The van der Waals surface area contributed by atoms with Crippen LogP contribution in [0.5, 0.6) is 0 Å². The predicted octanol–water partition coefficient (Wildman–Crippen LogP) is 2.28. The van der Waals surface area contributed by atoms with Crippen LogP contribution >= 0.6 is 0 Å². The van der Waals surface area contributed by atoms with E-state index >= 15 is 0 Å². The Kier molecular flexibility index (Phi) is 3.28. The van der Waals surface area contributed by atoms with Crippen LogP contribution in [0.4, 0.5) is 10.1 Å². The summed E-state index contributed by atoms with van der Waals surface area (Å²) in [6.07, 6.45) is 1.51. The zero-order chi connectivity index (χ0) is 14.0. The summed E-state index contributed by atoms with van der Waals surface area (Å²) in [7, 11) is 0. The zero-order valence-electron chi connectivity index (χ0n) is 9.62. The molecule has 0 aliphatic rings. The summed E-state index contributed by atoms with van der Waals surface area (Å²) in [5.41, 5.74) is -0.00338. The van der Waals surface area contributed by atoms with Gasteiger partial charge in [-0.05, 0) is 23.8 Å². The summed E-state index contributed by atoms with van der Waals surface area (Å²) < 4.78 is 14.6. The van der Waals surface area contributed by atoms with Crippen molar-refractivity contribution in [3.05, 3.63) is 63.7 Å². The van der Waals surface area contributed by atoms with Gasteiger partial charge in [0.2, 0.25) is 0 Å². The van der Waals surface area contributed by atoms with Crippen LogP contribution in [0.25, 0.3) is 0 Å². The maximum atomic E-state index is 13.2. The number of halogens is 1. The van der Waals surface area contributed by atoms with E-state index in [1.54, 1.807) is 0 Å². The van der Waals surface area contributed by atoms with Gasteiger partial charge in [-0.3, -0.25) is 10.1 Å². The van der Waals surface area contributed by atoms with Crippen LogP contribution in [0, 0.1) is 15.9 Å². The number of rotatable bonds is 4. The molecule has 19 heavy (non-hydrogen) atoms. The molecule has 1 aromatic heterocycles. The molecule has 0 radical (unpaired) electrons. The fraction of sp³-hybridized carbons (Fsp3) is 0.0833. The predicted molar refractivity (Wildman–Crippen MR) is 63.5 cm³/mol. The molecule has 0 spiro atoms. The molecule has 0 bridgehead atoms. The third-order valence-electron chi connectivity index (χ3n) is 2.55. The summed E-state index contributed by atoms with van der Waals surface area (Å²) in [6.45, 7) is 0.0488. The first-order valence-electron chi connectivity index (χ1n) is 5.29. The van der Waals surface area contributed by atoms with Gasteiger partial charge in [-0.25, -0.2) is 9.18 Å². The Labute approximate surface area is 106 Å². The summed E-state index contributed by atoms with van der Waals surface area (Å²) in [5, 5.41) is 19.5. The van der Waals surface area contributed by atoms with Gasteiger partial charge in [0.05, 0.1) is 11.0 Å². The first-order chi connectivity index (χ1) is 8.97. The number of benzene rings is 1. The van der Waals surface area contributed by atoms with Crippen LogP contribution in [0.2, 0.25) is 0 Å². The minimum absolute atomic E-state index is 0.0342. The second-order valence-corrected chi connectivity index (χ2v) is 3.90. The molecule has 2 rings (SSSR count). The Morgan fingerprint density at radius 1 is 1.42 bits per heavy atom. The molecule has 1 aromatic carbocycles. The quantitative estimate of drug-likeness (QED) is 0.678. The Balaban J connectivity index is 2.35. The van der Waals surface area contributed by atoms with Crippen LogP contribution in [-0.2, 0) is 6.54 Å². The third-order valence-corrected chi connectivity index (χ3v) is 2.55. The SMILES string of the molecule is O=C(O)c1cccn1Cc1cc(F)cc([N+](=O)[O-])c1. The van der Waals surface area contributed by atoms with E-state index in [9.17, 15) is 19.3 Å². The minimum atomic E-state index is -1.11. The van der Waals surface area contributed by atoms with Crippen molar-refractivity contribution >= 4 is 11.7 Å². The van der Waals surface area contributed by atoms with Crippen molar-refractivity contribution in [3.8, 4) is 0 Å². The molecule has 0 atom stereocenters. The van der Waals surface area contributed by atoms with Gasteiger partial charge < -0.3 is 9.67 Å². The average molecular weight is 264 g/mol. The van der Waals surface area contributed by atoms with Gasteiger partial charge in [0.25, 0.3) is 5.69 Å². The fourth-order valence-corrected chi connectivity index (χ4v) is 1.77. The number of nitro benzene ring substituents is 1. The van der Waals surface area contributed by atoms with Gasteiger partial charge in [0, 0.05) is 18.8 Å². The number of nitrogens with zero attached hydrogens (tertiary/aromatic N) is 2. The van der Waals surface area contributed by atoms with E-state index in [4.69, 9.17) is 5.11 Å². The summed E-state index contributed by atoms with van der Waals surface area (Å²) in [6, 6.07) is 6.11. The molecule has 0 unspecified atom stereocenters. The van der Waals surface area contributed by atoms with Crippen molar-refractivity contribution in [2.24, 2.45) is 0 Å². The molecular formula is C12H9FN2O4. The Hall–Kier alpha value is -2.70. The molecular weight excluding hydrogens is 255 g/mol. The molecule has 0 fully saturated rings. The van der Waals surface area contributed by atoms with E-state index in [1.807, 2.05) is 0 Å². The number of aromatic carboxylic acids is 1. The lowest BCUT2D eigenvalue weighted by atomic mass is 10.2. The van der Waals surface area contributed by atoms with Gasteiger partial charge >= 0.3 is 5.97 Å². The number of carbonyl (C=O) groups is 1. The van der Waals surface area contributed by atoms with Crippen molar-refractivity contribution in [1.82, 2.24) is 4.57 Å². The second kappa shape index (κ2) is 4.89. The topological polar surface area (TPSA) is 85.4 Å². The summed E-state index contributed by atoms with van der Waals surface area (Å²) >= 11 is 0. The molecule has 0 saturated carbocycles. The number of nitro groups is 1. The Bertz CT molecular complexity index is 651. The van der Waals surface area contributed by atoms with Gasteiger partial charge in [0.1, 0.15) is 11.5 Å². The van der Waals surface area contributed by atoms with E-state index in [1.165, 1.54) is 29.0 Å². The van der Waals surface area contributed by atoms with E-state index in [2.05, 4.69) is 0 Å². The van der Waals surface area contributed by atoms with Crippen LogP contribution < -0.4 is 0 Å². The highest BCUT2D eigenvalue weighted by Gasteiger charge is 2.13. The molecule has 0 amide bonds. The number of non-ortho nitro benzene ring substituents is 1. The van der Waals surface area contributed by atoms with E-state index in [0.29, 0.717) is 5.56 Å². The highest BCUT2D eigenvalue weighted by atomic mass is 19.1. The molecule has 1 N–H and O–H groups in total. The summed E-state index contributed by atoms with van der Waals surface area (Å²) in [5.74, 6) is -1.84. The first kappa shape index (κ1) is 12.7. The molecule has 6 nitrogen and oxygen atoms in total. The van der Waals surface area contributed by atoms with Crippen LogP contribution in [0.3, 0.4) is 0 Å². The van der Waals surface area contributed by atoms with Crippen LogP contribution in [-0.4, -0.2) is 20.6 Å². The van der Waals surface area contributed by atoms with Gasteiger partial charge in [-0.1, -0.05) is 0 Å². The van der Waals surface area contributed by atoms with Crippen LogP contribution in [0.15, 0.2) is 36.5 Å². The number of carboxylic acid groups (broad SMARTS) is 1. The van der Waals surface area contributed by atoms with Gasteiger partial charge in [-0.15, -0.1) is 0 Å². The van der Waals surface area contributed by atoms with E-state index < -0.39 is 16.7 Å². The van der Waals surface area contributed by atoms with Crippen molar-refractivity contribution in [2.45, 2.75) is 6.54 Å². The molecule has 2 aromatic rings. The highest BCUT2D eigenvalue weighted by molar-refractivity contribution is 5.85. The normalized spacial score (nSPS) is 10.4. The lowest BCUT2D eigenvalue weighted by Gasteiger charge is -2.06. The van der Waals surface area contributed by atoms with Gasteiger partial charge in [0.15, 0.2) is 0 Å². The van der Waals surface area contributed by atoms with Crippen LogP contribution in [0.1, 0.15) is 16.1 Å². The maximum absolute atomic E-state index is 13.2. The number of aromatic nitrogens is 1. The maximum Gasteiger partial charge on any atom is 0.352 e. The lowest BCUT2D eigenvalue weighted by molar-refractivity contribution is -0.385. The fourth-order valence-electron chi connectivity index (χ4n) is 1.77.